The minimum Gasteiger partial charge on any atom is -0.489 e. The van der Waals surface area contributed by atoms with Crippen LogP contribution in [0.2, 0.25) is 0 Å². The highest BCUT2D eigenvalue weighted by molar-refractivity contribution is 6.00. The van der Waals surface area contributed by atoms with Crippen LogP contribution in [0.3, 0.4) is 0 Å². The molecule has 0 aliphatic carbocycles. The molecule has 0 saturated heterocycles. The average molecular weight is 369 g/mol. The number of hydrogen-bond acceptors (Lipinski definition) is 3. The molecule has 4 aromatic rings. The van der Waals surface area contributed by atoms with Gasteiger partial charge >= 0.3 is 0 Å². The number of H-pyrrole nitrogens is 1. The van der Waals surface area contributed by atoms with Gasteiger partial charge in [0, 0.05) is 28.2 Å². The Hall–Kier alpha value is -3.86. The molecule has 1 aromatic heterocycles. The molecule has 1 heterocycles. The summed E-state index contributed by atoms with van der Waals surface area (Å²) in [6.07, 6.45) is 3.50. The Balaban J connectivity index is 1.34. The van der Waals surface area contributed by atoms with Crippen molar-refractivity contribution < 1.29 is 9.53 Å². The van der Waals surface area contributed by atoms with Gasteiger partial charge in [-0.2, -0.15) is 5.10 Å². The predicted molar refractivity (Wildman–Crippen MR) is 111 cm³/mol. The summed E-state index contributed by atoms with van der Waals surface area (Å²) in [5.41, 5.74) is 6.05. The topological polar surface area (TPSA) is 66.5 Å². The van der Waals surface area contributed by atoms with Crippen LogP contribution in [0.25, 0.3) is 10.9 Å². The molecular weight excluding hydrogens is 350 g/mol. The highest BCUT2D eigenvalue weighted by Gasteiger charge is 2.05. The Kier molecular flexibility index (Phi) is 5.15. The Bertz CT molecular complexity index is 1100. The van der Waals surface area contributed by atoms with E-state index in [4.69, 9.17) is 4.74 Å². The molecule has 28 heavy (non-hydrogen) atoms. The Morgan fingerprint density at radius 3 is 2.54 bits per heavy atom. The zero-order valence-electron chi connectivity index (χ0n) is 15.1. The highest BCUT2D eigenvalue weighted by atomic mass is 16.5. The first kappa shape index (κ1) is 17.5. The fourth-order valence-corrected chi connectivity index (χ4v) is 2.86. The van der Waals surface area contributed by atoms with E-state index in [9.17, 15) is 4.79 Å². The van der Waals surface area contributed by atoms with Gasteiger partial charge in [-0.05, 0) is 35.9 Å². The van der Waals surface area contributed by atoms with Gasteiger partial charge in [-0.15, -0.1) is 0 Å². The van der Waals surface area contributed by atoms with E-state index in [1.54, 1.807) is 18.3 Å². The molecule has 0 aliphatic heterocycles. The summed E-state index contributed by atoms with van der Waals surface area (Å²) >= 11 is 0. The number of hydrazone groups is 1. The molecule has 0 fully saturated rings. The van der Waals surface area contributed by atoms with Crippen molar-refractivity contribution in [2.75, 3.05) is 0 Å². The number of nitrogens with one attached hydrogen (secondary N) is 2. The zero-order valence-corrected chi connectivity index (χ0v) is 15.1. The fourth-order valence-electron chi connectivity index (χ4n) is 2.86. The standard InChI is InChI=1S/C23H19N3O2/c27-23(26-25-15-19-14-24-22-9-5-4-8-21(19)22)18-12-10-17(11-13-18)16-28-20-6-2-1-3-7-20/h1-15,24H,16H2,(H,26,27)/b25-15+. The van der Waals surface area contributed by atoms with Crippen molar-refractivity contribution in [3.63, 3.8) is 0 Å². The van der Waals surface area contributed by atoms with Crippen LogP contribution in [-0.4, -0.2) is 17.1 Å². The molecule has 5 heteroatoms. The second-order valence-electron chi connectivity index (χ2n) is 6.29. The van der Waals surface area contributed by atoms with Gasteiger partial charge in [-0.3, -0.25) is 4.79 Å². The van der Waals surface area contributed by atoms with Crippen LogP contribution in [0.5, 0.6) is 5.75 Å². The Morgan fingerprint density at radius 1 is 0.964 bits per heavy atom. The maximum atomic E-state index is 12.3. The van der Waals surface area contributed by atoms with Gasteiger partial charge < -0.3 is 9.72 Å². The Labute approximate surface area is 162 Å². The van der Waals surface area contributed by atoms with E-state index < -0.39 is 0 Å². The minimum absolute atomic E-state index is 0.258. The summed E-state index contributed by atoms with van der Waals surface area (Å²) in [6.45, 7) is 0.449. The van der Waals surface area contributed by atoms with Gasteiger partial charge in [0.1, 0.15) is 12.4 Å². The first-order chi connectivity index (χ1) is 13.8. The largest absolute Gasteiger partial charge is 0.489 e. The third-order valence-electron chi connectivity index (χ3n) is 4.36. The van der Waals surface area contributed by atoms with E-state index in [1.165, 1.54) is 0 Å². The molecule has 138 valence electrons. The summed E-state index contributed by atoms with van der Waals surface area (Å²) in [6, 6.07) is 24.8. The molecule has 2 N–H and O–H groups in total. The molecule has 0 spiro atoms. The van der Waals surface area contributed by atoms with Gasteiger partial charge in [0.05, 0.1) is 6.21 Å². The van der Waals surface area contributed by atoms with E-state index in [-0.39, 0.29) is 5.91 Å². The summed E-state index contributed by atoms with van der Waals surface area (Å²) < 4.78 is 5.71. The van der Waals surface area contributed by atoms with Crippen LogP contribution in [0.1, 0.15) is 21.5 Å². The summed E-state index contributed by atoms with van der Waals surface area (Å²) in [5, 5.41) is 5.13. The normalized spacial score (nSPS) is 11.0. The Morgan fingerprint density at radius 2 is 1.71 bits per heavy atom. The maximum Gasteiger partial charge on any atom is 0.271 e. The number of para-hydroxylation sites is 2. The molecule has 0 unspecified atom stereocenters. The fraction of sp³-hybridized carbons (Fsp3) is 0.0435. The lowest BCUT2D eigenvalue weighted by Crippen LogP contribution is -2.17. The van der Waals surface area contributed by atoms with Gasteiger partial charge in [-0.25, -0.2) is 5.43 Å². The zero-order chi connectivity index (χ0) is 19.2. The molecule has 3 aromatic carbocycles. The molecule has 1 amide bonds. The van der Waals surface area contributed by atoms with E-state index in [0.29, 0.717) is 12.2 Å². The van der Waals surface area contributed by atoms with Crippen LogP contribution < -0.4 is 10.2 Å². The van der Waals surface area contributed by atoms with Crippen LogP contribution in [-0.2, 0) is 6.61 Å². The third kappa shape index (κ3) is 4.10. The quantitative estimate of drug-likeness (QED) is 0.388. The molecule has 5 nitrogen and oxygen atoms in total. The summed E-state index contributed by atoms with van der Waals surface area (Å²) in [7, 11) is 0. The molecule has 0 aliphatic rings. The monoisotopic (exact) mass is 369 g/mol. The maximum absolute atomic E-state index is 12.3. The summed E-state index contributed by atoms with van der Waals surface area (Å²) in [5.74, 6) is 0.558. The van der Waals surface area contributed by atoms with Crippen LogP contribution in [0.15, 0.2) is 90.2 Å². The number of amides is 1. The number of aromatic amines is 1. The van der Waals surface area contributed by atoms with Crippen molar-refractivity contribution in [2.45, 2.75) is 6.61 Å². The number of ether oxygens (including phenoxy) is 1. The highest BCUT2D eigenvalue weighted by Crippen LogP contribution is 2.15. The van der Waals surface area contributed by atoms with Gasteiger partial charge in [-0.1, -0.05) is 48.5 Å². The van der Waals surface area contributed by atoms with Crippen LogP contribution in [0.4, 0.5) is 0 Å². The smallest absolute Gasteiger partial charge is 0.271 e. The predicted octanol–water partition coefficient (Wildman–Crippen LogP) is 4.51. The molecule has 0 radical (unpaired) electrons. The lowest BCUT2D eigenvalue weighted by atomic mass is 10.1. The van der Waals surface area contributed by atoms with E-state index in [0.717, 1.165) is 27.8 Å². The number of carbonyl (C=O) groups excluding carboxylic acids is 1. The molecule has 4 rings (SSSR count). The van der Waals surface area contributed by atoms with Crippen molar-refractivity contribution >= 4 is 23.0 Å². The van der Waals surface area contributed by atoms with Crippen LogP contribution >= 0.6 is 0 Å². The second-order valence-corrected chi connectivity index (χ2v) is 6.29. The van der Waals surface area contributed by atoms with Crippen molar-refractivity contribution in [2.24, 2.45) is 5.10 Å². The number of carbonyl (C=O) groups is 1. The van der Waals surface area contributed by atoms with Crippen molar-refractivity contribution in [3.8, 4) is 5.75 Å². The first-order valence-electron chi connectivity index (χ1n) is 8.96. The third-order valence-corrected chi connectivity index (χ3v) is 4.36. The van der Waals surface area contributed by atoms with Crippen molar-refractivity contribution in [1.82, 2.24) is 10.4 Å². The molecule has 0 bridgehead atoms. The molecular formula is C23H19N3O2. The van der Waals surface area contributed by atoms with Gasteiger partial charge in [0.2, 0.25) is 0 Å². The minimum atomic E-state index is -0.258. The number of hydrogen-bond donors (Lipinski definition) is 2. The SMILES string of the molecule is O=C(N/N=C/c1c[nH]c2ccccc12)c1ccc(COc2ccccc2)cc1. The van der Waals surface area contributed by atoms with Gasteiger partial charge in [0.15, 0.2) is 0 Å². The molecule has 0 saturated carbocycles. The molecule has 0 atom stereocenters. The number of aromatic nitrogens is 1. The van der Waals surface area contributed by atoms with E-state index >= 15 is 0 Å². The number of rotatable bonds is 6. The lowest BCUT2D eigenvalue weighted by molar-refractivity contribution is 0.0955. The van der Waals surface area contributed by atoms with Crippen molar-refractivity contribution in [3.05, 3.63) is 102 Å². The first-order valence-corrected chi connectivity index (χ1v) is 8.96. The summed E-state index contributed by atoms with van der Waals surface area (Å²) in [4.78, 5) is 15.4. The van der Waals surface area contributed by atoms with Gasteiger partial charge in [0.25, 0.3) is 5.91 Å². The van der Waals surface area contributed by atoms with E-state index in [2.05, 4.69) is 15.5 Å². The average Bonchev–Trinajstić information content (AvgIpc) is 3.16. The van der Waals surface area contributed by atoms with E-state index in [1.807, 2.05) is 72.9 Å². The lowest BCUT2D eigenvalue weighted by Gasteiger charge is -2.06. The van der Waals surface area contributed by atoms with Crippen molar-refractivity contribution in [1.29, 1.82) is 0 Å². The van der Waals surface area contributed by atoms with Crippen LogP contribution in [0, 0.1) is 0 Å². The second kappa shape index (κ2) is 8.22. The number of fused-ring (bicyclic) bond motifs is 1. The number of benzene rings is 3. The number of nitrogens with zero attached hydrogens (tertiary/aromatic N) is 1.